The Bertz CT molecular complexity index is 174. The fraction of sp³-hybridized carbons (Fsp3) is 0.857. The van der Waals surface area contributed by atoms with E-state index in [0.29, 0.717) is 13.0 Å². The second-order valence-corrected chi connectivity index (χ2v) is 3.14. The number of rotatable bonds is 1. The summed E-state index contributed by atoms with van der Waals surface area (Å²) in [4.78, 5) is 10.6. The van der Waals surface area contributed by atoms with Crippen molar-refractivity contribution < 1.29 is 14.3 Å². The van der Waals surface area contributed by atoms with E-state index in [1.807, 2.05) is 0 Å². The highest BCUT2D eigenvalue weighted by molar-refractivity contribution is 5.75. The number of hydrogen-bond acceptors (Lipinski definition) is 2. The predicted molar refractivity (Wildman–Crippen MR) is 38.1 cm³/mol. The molecule has 2 atom stereocenters. The van der Waals surface area contributed by atoms with Crippen molar-refractivity contribution in [2.75, 3.05) is 13.1 Å². The minimum atomic E-state index is -1.27. The number of carboxylic acids is 1. The largest absolute Gasteiger partial charge is 0.481 e. The Balaban J connectivity index is 2.72. The summed E-state index contributed by atoms with van der Waals surface area (Å²) in [5.74, 6) is -1.04. The van der Waals surface area contributed by atoms with Crippen LogP contribution in [0.3, 0.4) is 0 Å². The first-order chi connectivity index (χ1) is 5.07. The molecule has 0 aromatic carbocycles. The normalized spacial score (nSPS) is 38.5. The van der Waals surface area contributed by atoms with Crippen LogP contribution in [0.1, 0.15) is 13.3 Å². The van der Waals surface area contributed by atoms with Gasteiger partial charge in [-0.15, -0.1) is 0 Å². The van der Waals surface area contributed by atoms with Gasteiger partial charge in [-0.1, -0.05) is 0 Å². The molecule has 0 radical (unpaired) electrons. The number of carbonyl (C=O) groups is 1. The highest BCUT2D eigenvalue weighted by Gasteiger charge is 2.43. The predicted octanol–water partition coefficient (Wildman–Crippen LogP) is 0.409. The van der Waals surface area contributed by atoms with Crippen LogP contribution < -0.4 is 5.32 Å². The Morgan fingerprint density at radius 3 is 2.82 bits per heavy atom. The maximum atomic E-state index is 13.0. The summed E-state index contributed by atoms with van der Waals surface area (Å²) in [6, 6.07) is 0. The van der Waals surface area contributed by atoms with Crippen LogP contribution >= 0.6 is 0 Å². The number of carboxylic acid groups (broad SMARTS) is 1. The second-order valence-electron chi connectivity index (χ2n) is 3.14. The minimum absolute atomic E-state index is 0.156. The van der Waals surface area contributed by atoms with Gasteiger partial charge >= 0.3 is 5.97 Å². The summed E-state index contributed by atoms with van der Waals surface area (Å²) in [7, 11) is 0. The lowest BCUT2D eigenvalue weighted by molar-refractivity contribution is -0.153. The Morgan fingerprint density at radius 2 is 2.45 bits per heavy atom. The molecule has 0 saturated carbocycles. The third-order valence-corrected chi connectivity index (χ3v) is 2.32. The molecule has 3 nitrogen and oxygen atoms in total. The first kappa shape index (κ1) is 8.46. The second kappa shape index (κ2) is 2.77. The molecule has 0 bridgehead atoms. The van der Waals surface area contributed by atoms with Crippen LogP contribution in [0.5, 0.6) is 0 Å². The molecule has 0 spiro atoms. The molecular weight excluding hydrogens is 149 g/mol. The molecule has 0 aliphatic carbocycles. The average molecular weight is 161 g/mol. The molecule has 64 valence electrons. The van der Waals surface area contributed by atoms with E-state index < -0.39 is 17.6 Å². The highest BCUT2D eigenvalue weighted by Crippen LogP contribution is 2.30. The number of hydrogen-bond donors (Lipinski definition) is 2. The fourth-order valence-corrected chi connectivity index (χ4v) is 1.20. The number of aliphatic carboxylic acids is 1. The number of alkyl halides is 1. The van der Waals surface area contributed by atoms with Gasteiger partial charge in [0.25, 0.3) is 0 Å². The Labute approximate surface area is 64.6 Å². The van der Waals surface area contributed by atoms with E-state index in [9.17, 15) is 9.18 Å². The molecule has 1 fully saturated rings. The molecule has 0 aromatic heterocycles. The van der Waals surface area contributed by atoms with Crippen LogP contribution in [-0.4, -0.2) is 30.3 Å². The fourth-order valence-electron chi connectivity index (χ4n) is 1.20. The third-order valence-electron chi connectivity index (χ3n) is 2.32. The van der Waals surface area contributed by atoms with Crippen molar-refractivity contribution in [3.8, 4) is 0 Å². The standard InChI is InChI=1S/C7H12FNO2/c1-7(6(10)11)2-3-9-4-5(7)8/h5,9H,2-4H2,1H3,(H,10,11). The zero-order valence-corrected chi connectivity index (χ0v) is 6.43. The van der Waals surface area contributed by atoms with Gasteiger partial charge in [-0.25, -0.2) is 4.39 Å². The number of halogens is 1. The van der Waals surface area contributed by atoms with Crippen molar-refractivity contribution in [3.05, 3.63) is 0 Å². The summed E-state index contributed by atoms with van der Waals surface area (Å²) in [6.45, 7) is 2.20. The number of nitrogens with one attached hydrogen (secondary N) is 1. The van der Waals surface area contributed by atoms with Crippen LogP contribution in [0, 0.1) is 5.41 Å². The summed E-state index contributed by atoms with van der Waals surface area (Å²) in [6.07, 6.45) is -0.905. The molecule has 4 heteroatoms. The molecule has 1 aliphatic heterocycles. The lowest BCUT2D eigenvalue weighted by Gasteiger charge is -2.33. The van der Waals surface area contributed by atoms with Gasteiger partial charge in [-0.05, 0) is 19.9 Å². The van der Waals surface area contributed by atoms with Gasteiger partial charge in [0.05, 0.1) is 5.41 Å². The van der Waals surface area contributed by atoms with Crippen LogP contribution in [-0.2, 0) is 4.79 Å². The van der Waals surface area contributed by atoms with E-state index in [4.69, 9.17) is 5.11 Å². The van der Waals surface area contributed by atoms with Crippen LogP contribution in [0.4, 0.5) is 4.39 Å². The lowest BCUT2D eigenvalue weighted by atomic mass is 9.80. The van der Waals surface area contributed by atoms with Crippen LogP contribution in [0.2, 0.25) is 0 Å². The zero-order chi connectivity index (χ0) is 8.48. The zero-order valence-electron chi connectivity index (χ0n) is 6.43. The van der Waals surface area contributed by atoms with Gasteiger partial charge in [0, 0.05) is 6.54 Å². The molecule has 11 heavy (non-hydrogen) atoms. The molecule has 1 saturated heterocycles. The van der Waals surface area contributed by atoms with Gasteiger partial charge in [-0.2, -0.15) is 0 Å². The maximum Gasteiger partial charge on any atom is 0.312 e. The number of piperidine rings is 1. The maximum absolute atomic E-state index is 13.0. The van der Waals surface area contributed by atoms with Crippen molar-refractivity contribution in [1.82, 2.24) is 5.32 Å². The molecule has 1 heterocycles. The van der Waals surface area contributed by atoms with E-state index in [1.165, 1.54) is 6.92 Å². The Morgan fingerprint density at radius 1 is 1.82 bits per heavy atom. The van der Waals surface area contributed by atoms with Gasteiger partial charge in [0.1, 0.15) is 6.17 Å². The summed E-state index contributed by atoms with van der Waals surface area (Å²) >= 11 is 0. The van der Waals surface area contributed by atoms with Crippen molar-refractivity contribution in [3.63, 3.8) is 0 Å². The van der Waals surface area contributed by atoms with E-state index in [2.05, 4.69) is 5.32 Å². The molecule has 1 rings (SSSR count). The quantitative estimate of drug-likeness (QED) is 0.585. The molecular formula is C7H12FNO2. The van der Waals surface area contributed by atoms with Gasteiger partial charge in [0.2, 0.25) is 0 Å². The SMILES string of the molecule is CC1(C(=O)O)CCNCC1F. The Hall–Kier alpha value is -0.640. The lowest BCUT2D eigenvalue weighted by Crippen LogP contribution is -2.49. The van der Waals surface area contributed by atoms with Crippen LogP contribution in [0.15, 0.2) is 0 Å². The molecule has 0 aromatic rings. The van der Waals surface area contributed by atoms with Crippen molar-refractivity contribution >= 4 is 5.97 Å². The van der Waals surface area contributed by atoms with Gasteiger partial charge in [-0.3, -0.25) is 4.79 Å². The molecule has 2 N–H and O–H groups in total. The van der Waals surface area contributed by atoms with Crippen molar-refractivity contribution in [2.24, 2.45) is 5.41 Å². The highest BCUT2D eigenvalue weighted by atomic mass is 19.1. The third kappa shape index (κ3) is 1.35. The van der Waals surface area contributed by atoms with E-state index >= 15 is 0 Å². The minimum Gasteiger partial charge on any atom is -0.481 e. The van der Waals surface area contributed by atoms with Crippen molar-refractivity contribution in [2.45, 2.75) is 19.5 Å². The van der Waals surface area contributed by atoms with Crippen LogP contribution in [0.25, 0.3) is 0 Å². The summed E-state index contributed by atoms with van der Waals surface area (Å²) in [5.41, 5.74) is -1.18. The van der Waals surface area contributed by atoms with Gasteiger partial charge in [0.15, 0.2) is 0 Å². The molecule has 0 amide bonds. The average Bonchev–Trinajstić information content (AvgIpc) is 1.95. The molecule has 1 aliphatic rings. The summed E-state index contributed by atoms with van der Waals surface area (Å²) < 4.78 is 13.0. The topological polar surface area (TPSA) is 49.3 Å². The first-order valence-electron chi connectivity index (χ1n) is 3.65. The van der Waals surface area contributed by atoms with E-state index in [-0.39, 0.29) is 6.54 Å². The Kier molecular flexibility index (Phi) is 2.13. The monoisotopic (exact) mass is 161 g/mol. The van der Waals surface area contributed by atoms with E-state index in [1.54, 1.807) is 0 Å². The summed E-state index contributed by atoms with van der Waals surface area (Å²) in [5, 5.41) is 11.5. The van der Waals surface area contributed by atoms with Crippen molar-refractivity contribution in [1.29, 1.82) is 0 Å². The smallest absolute Gasteiger partial charge is 0.312 e. The first-order valence-corrected chi connectivity index (χ1v) is 3.65. The van der Waals surface area contributed by atoms with E-state index in [0.717, 1.165) is 0 Å². The van der Waals surface area contributed by atoms with Gasteiger partial charge < -0.3 is 10.4 Å². The molecule has 2 unspecified atom stereocenters.